The molecule has 2 amide bonds. The summed E-state index contributed by atoms with van der Waals surface area (Å²) in [4.78, 5) is 31.2. The maximum Gasteiger partial charge on any atom is 0.252 e. The Morgan fingerprint density at radius 3 is 2.57 bits per heavy atom. The van der Waals surface area contributed by atoms with Crippen molar-refractivity contribution in [2.45, 2.75) is 44.6 Å². The normalized spacial score (nSPS) is 34.4. The van der Waals surface area contributed by atoms with E-state index in [1.807, 2.05) is 20.2 Å². The van der Waals surface area contributed by atoms with Crippen molar-refractivity contribution in [3.63, 3.8) is 0 Å². The fourth-order valence-corrected chi connectivity index (χ4v) is 6.70. The summed E-state index contributed by atoms with van der Waals surface area (Å²) >= 11 is 0. The van der Waals surface area contributed by atoms with Gasteiger partial charge in [0.2, 0.25) is 5.91 Å². The molecule has 4 fully saturated rings. The van der Waals surface area contributed by atoms with Crippen LogP contribution in [0.2, 0.25) is 0 Å². The second kappa shape index (κ2) is 6.06. The third-order valence-electron chi connectivity index (χ3n) is 7.50. The van der Waals surface area contributed by atoms with E-state index in [0.29, 0.717) is 35.3 Å². The average Bonchev–Trinajstić information content (AvgIpc) is 3.12. The fourth-order valence-electron chi connectivity index (χ4n) is 6.70. The van der Waals surface area contributed by atoms with Gasteiger partial charge in [0.05, 0.1) is 22.4 Å². The SMILES string of the molecule is CN(C)C(=O)C12CC3CC(C1)C(Nc1c(C(N)=O)cnc4c1C=CC4)C(C3)C2. The molecule has 3 N–H and O–H groups in total. The van der Waals surface area contributed by atoms with Crippen molar-refractivity contribution >= 4 is 23.6 Å². The van der Waals surface area contributed by atoms with E-state index in [-0.39, 0.29) is 5.41 Å². The zero-order valence-electron chi connectivity index (χ0n) is 16.6. The molecule has 5 aliphatic rings. The Morgan fingerprint density at radius 2 is 1.93 bits per heavy atom. The molecular weight excluding hydrogens is 352 g/mol. The van der Waals surface area contributed by atoms with Crippen LogP contribution >= 0.6 is 0 Å². The minimum atomic E-state index is -0.443. The molecule has 4 saturated carbocycles. The lowest BCUT2D eigenvalue weighted by Gasteiger charge is -2.59. The van der Waals surface area contributed by atoms with Crippen molar-refractivity contribution in [3.05, 3.63) is 29.1 Å². The van der Waals surface area contributed by atoms with E-state index in [9.17, 15) is 9.59 Å². The maximum absolute atomic E-state index is 13.0. The van der Waals surface area contributed by atoms with Gasteiger partial charge in [-0.1, -0.05) is 12.2 Å². The van der Waals surface area contributed by atoms with E-state index in [4.69, 9.17) is 5.73 Å². The minimum Gasteiger partial charge on any atom is -0.381 e. The monoisotopic (exact) mass is 380 g/mol. The van der Waals surface area contributed by atoms with Gasteiger partial charge in [0.25, 0.3) is 5.91 Å². The van der Waals surface area contributed by atoms with Crippen molar-refractivity contribution in [2.75, 3.05) is 19.4 Å². The number of nitrogens with one attached hydrogen (secondary N) is 1. The number of fused-ring (bicyclic) bond motifs is 1. The van der Waals surface area contributed by atoms with Gasteiger partial charge in [-0.05, 0) is 49.9 Å². The first kappa shape index (κ1) is 17.7. The number of pyridine rings is 1. The van der Waals surface area contributed by atoms with E-state index < -0.39 is 5.91 Å². The molecule has 5 aliphatic carbocycles. The van der Waals surface area contributed by atoms with Crippen LogP contribution in [0.15, 0.2) is 12.3 Å². The summed E-state index contributed by atoms with van der Waals surface area (Å²) in [5.74, 6) is 1.44. The molecule has 4 bridgehead atoms. The molecule has 2 atom stereocenters. The van der Waals surface area contributed by atoms with Gasteiger partial charge in [0, 0.05) is 38.3 Å². The Balaban J connectivity index is 1.48. The predicted octanol–water partition coefficient (Wildman–Crippen LogP) is 2.44. The molecule has 0 saturated heterocycles. The number of carbonyl (C=O) groups is 2. The molecule has 0 aliphatic heterocycles. The number of nitrogens with zero attached hydrogens (tertiary/aromatic N) is 2. The van der Waals surface area contributed by atoms with Crippen molar-refractivity contribution in [3.8, 4) is 0 Å². The summed E-state index contributed by atoms with van der Waals surface area (Å²) in [6.07, 6.45) is 11.8. The zero-order valence-corrected chi connectivity index (χ0v) is 16.6. The van der Waals surface area contributed by atoms with Crippen LogP contribution in [0.1, 0.15) is 53.7 Å². The molecule has 2 unspecified atom stereocenters. The first-order chi connectivity index (χ1) is 13.4. The molecule has 1 heterocycles. The molecule has 1 aromatic rings. The van der Waals surface area contributed by atoms with E-state index in [1.165, 1.54) is 12.8 Å². The minimum absolute atomic E-state index is 0.176. The van der Waals surface area contributed by atoms with Crippen molar-refractivity contribution in [1.82, 2.24) is 9.88 Å². The number of rotatable bonds is 4. The fraction of sp³-hybridized carbons (Fsp3) is 0.591. The number of hydrogen-bond acceptors (Lipinski definition) is 4. The third kappa shape index (κ3) is 2.50. The molecule has 6 rings (SSSR count). The number of carbonyl (C=O) groups excluding carboxylic acids is 2. The van der Waals surface area contributed by atoms with Crippen LogP contribution in [0.5, 0.6) is 0 Å². The topological polar surface area (TPSA) is 88.3 Å². The van der Waals surface area contributed by atoms with Gasteiger partial charge in [-0.25, -0.2) is 0 Å². The van der Waals surface area contributed by atoms with Gasteiger partial charge < -0.3 is 16.0 Å². The highest BCUT2D eigenvalue weighted by Crippen LogP contribution is 2.61. The van der Waals surface area contributed by atoms with E-state index in [2.05, 4.69) is 16.4 Å². The average molecular weight is 380 g/mol. The Labute approximate surface area is 165 Å². The van der Waals surface area contributed by atoms with Crippen LogP contribution in [-0.2, 0) is 11.2 Å². The van der Waals surface area contributed by atoms with Gasteiger partial charge >= 0.3 is 0 Å². The van der Waals surface area contributed by atoms with Gasteiger partial charge in [0.1, 0.15) is 0 Å². The quantitative estimate of drug-likeness (QED) is 0.840. The number of aromatic nitrogens is 1. The first-order valence-electron chi connectivity index (χ1n) is 10.3. The Bertz CT molecular complexity index is 875. The summed E-state index contributed by atoms with van der Waals surface area (Å²) in [7, 11) is 3.75. The van der Waals surface area contributed by atoms with Gasteiger partial charge in [-0.3, -0.25) is 14.6 Å². The van der Waals surface area contributed by atoms with Crippen LogP contribution in [-0.4, -0.2) is 41.8 Å². The number of amides is 2. The van der Waals surface area contributed by atoms with Crippen LogP contribution in [0.4, 0.5) is 5.69 Å². The molecule has 6 nitrogen and oxygen atoms in total. The number of hydrogen-bond donors (Lipinski definition) is 2. The van der Waals surface area contributed by atoms with E-state index in [0.717, 1.165) is 42.6 Å². The molecule has 148 valence electrons. The molecular formula is C22H28N4O2. The predicted molar refractivity (Wildman–Crippen MR) is 108 cm³/mol. The number of anilines is 1. The lowest BCUT2D eigenvalue weighted by Crippen LogP contribution is -2.60. The van der Waals surface area contributed by atoms with E-state index in [1.54, 1.807) is 11.1 Å². The van der Waals surface area contributed by atoms with Crippen molar-refractivity contribution in [1.29, 1.82) is 0 Å². The molecule has 0 spiro atoms. The molecule has 0 radical (unpaired) electrons. The second-order valence-corrected chi connectivity index (χ2v) is 9.50. The summed E-state index contributed by atoms with van der Waals surface area (Å²) < 4.78 is 0. The Morgan fingerprint density at radius 1 is 1.21 bits per heavy atom. The zero-order chi connectivity index (χ0) is 19.6. The Kier molecular flexibility index (Phi) is 3.83. The van der Waals surface area contributed by atoms with Gasteiger partial charge in [0.15, 0.2) is 0 Å². The Hall–Kier alpha value is -2.37. The van der Waals surface area contributed by atoms with E-state index >= 15 is 0 Å². The highest BCUT2D eigenvalue weighted by Gasteiger charge is 2.58. The highest BCUT2D eigenvalue weighted by molar-refractivity contribution is 6.00. The van der Waals surface area contributed by atoms with Crippen LogP contribution in [0.25, 0.3) is 6.08 Å². The number of allylic oxidation sites excluding steroid dienone is 1. The lowest BCUT2D eigenvalue weighted by molar-refractivity contribution is -0.155. The largest absolute Gasteiger partial charge is 0.381 e. The highest BCUT2D eigenvalue weighted by atomic mass is 16.2. The molecule has 6 heteroatoms. The van der Waals surface area contributed by atoms with Crippen molar-refractivity contribution in [2.24, 2.45) is 28.9 Å². The van der Waals surface area contributed by atoms with Crippen molar-refractivity contribution < 1.29 is 9.59 Å². The summed E-state index contributed by atoms with van der Waals surface area (Å²) in [6, 6.07) is 0.290. The van der Waals surface area contributed by atoms with Crippen LogP contribution in [0, 0.1) is 23.2 Å². The molecule has 28 heavy (non-hydrogen) atoms. The van der Waals surface area contributed by atoms with Gasteiger partial charge in [-0.15, -0.1) is 0 Å². The summed E-state index contributed by atoms with van der Waals surface area (Å²) in [5, 5.41) is 3.74. The van der Waals surface area contributed by atoms with Gasteiger partial charge in [-0.2, -0.15) is 0 Å². The first-order valence-corrected chi connectivity index (χ1v) is 10.3. The summed E-state index contributed by atoms with van der Waals surface area (Å²) in [6.45, 7) is 0. The second-order valence-electron chi connectivity index (χ2n) is 9.50. The number of primary amides is 1. The molecule has 0 aromatic carbocycles. The number of nitrogens with two attached hydrogens (primary N) is 1. The lowest BCUT2D eigenvalue weighted by atomic mass is 9.47. The summed E-state index contributed by atoms with van der Waals surface area (Å²) in [5.41, 5.74) is 8.80. The van der Waals surface area contributed by atoms with Crippen LogP contribution in [0.3, 0.4) is 0 Å². The standard InChI is InChI=1S/C22H28N4O2/c1-26(2)21(28)22-8-12-6-13(9-22)18(14(7-12)10-22)25-19-15-4-3-5-17(15)24-11-16(19)20(23)27/h3-4,11-14,18H,5-10H2,1-2H3,(H2,23,27)(H,24,25). The molecule has 1 aromatic heterocycles. The van der Waals surface area contributed by atoms with Crippen LogP contribution < -0.4 is 11.1 Å². The maximum atomic E-state index is 13.0. The third-order valence-corrected chi connectivity index (χ3v) is 7.50. The smallest absolute Gasteiger partial charge is 0.252 e.